The second-order valence-electron chi connectivity index (χ2n) is 9.19. The van der Waals surface area contributed by atoms with Crippen molar-refractivity contribution in [2.24, 2.45) is 0 Å². The lowest BCUT2D eigenvalue weighted by Crippen LogP contribution is -2.51. The van der Waals surface area contributed by atoms with Crippen LogP contribution in [0, 0.1) is 0 Å². The number of aromatic nitrogens is 2. The molecule has 5 rings (SSSR count). The second kappa shape index (κ2) is 10.9. The monoisotopic (exact) mass is 509 g/mol. The summed E-state index contributed by atoms with van der Waals surface area (Å²) in [5.41, 5.74) is 2.70. The Balaban J connectivity index is 1.20. The number of piperidine rings is 2. The van der Waals surface area contributed by atoms with Crippen molar-refractivity contribution in [3.8, 4) is 0 Å². The summed E-state index contributed by atoms with van der Waals surface area (Å²) in [7, 11) is 0. The molecule has 1 amide bonds. The number of carbonyl (C=O) groups excluding carboxylic acids is 1. The number of hydrogen-bond donors (Lipinski definition) is 0. The SMILES string of the molecule is O=C(c1c(Cl)cncc1Cl)N1CCC(N2CCC(N(c3ccccc3)c3cccnc3)CC2)CC1. The van der Waals surface area contributed by atoms with E-state index in [1.807, 2.05) is 23.4 Å². The molecule has 3 aromatic rings. The molecule has 2 saturated heterocycles. The molecular formula is C27H29Cl2N5O. The fraction of sp³-hybridized carbons (Fsp3) is 0.370. The lowest BCUT2D eigenvalue weighted by atomic mass is 9.96. The van der Waals surface area contributed by atoms with Crippen LogP contribution in [-0.4, -0.2) is 63.9 Å². The van der Waals surface area contributed by atoms with Gasteiger partial charge >= 0.3 is 0 Å². The first-order chi connectivity index (χ1) is 17.1. The van der Waals surface area contributed by atoms with Crippen LogP contribution in [0.4, 0.5) is 11.4 Å². The molecule has 0 bridgehead atoms. The number of anilines is 2. The van der Waals surface area contributed by atoms with E-state index in [-0.39, 0.29) is 5.91 Å². The van der Waals surface area contributed by atoms with Crippen molar-refractivity contribution in [2.75, 3.05) is 31.1 Å². The first-order valence-electron chi connectivity index (χ1n) is 12.2. The van der Waals surface area contributed by atoms with Crippen LogP contribution < -0.4 is 4.90 Å². The first-order valence-corrected chi connectivity index (χ1v) is 12.9. The summed E-state index contributed by atoms with van der Waals surface area (Å²) in [5, 5.41) is 0.617. The van der Waals surface area contributed by atoms with Crippen LogP contribution in [0.3, 0.4) is 0 Å². The van der Waals surface area contributed by atoms with Gasteiger partial charge in [-0.05, 0) is 49.9 Å². The van der Waals surface area contributed by atoms with E-state index in [0.717, 1.165) is 44.5 Å². The number of amides is 1. The summed E-state index contributed by atoms with van der Waals surface area (Å²) in [6, 6.07) is 15.6. The fourth-order valence-corrected chi connectivity index (χ4v) is 5.90. The Hall–Kier alpha value is -2.67. The van der Waals surface area contributed by atoms with Crippen LogP contribution in [0.5, 0.6) is 0 Å². The molecule has 0 atom stereocenters. The molecule has 4 heterocycles. The Morgan fingerprint density at radius 2 is 1.46 bits per heavy atom. The third-order valence-electron chi connectivity index (χ3n) is 7.16. The molecule has 182 valence electrons. The molecule has 8 heteroatoms. The van der Waals surface area contributed by atoms with E-state index >= 15 is 0 Å². The number of para-hydroxylation sites is 1. The van der Waals surface area contributed by atoms with E-state index in [9.17, 15) is 4.79 Å². The molecule has 0 aliphatic carbocycles. The maximum atomic E-state index is 13.0. The van der Waals surface area contributed by atoms with E-state index < -0.39 is 0 Å². The summed E-state index contributed by atoms with van der Waals surface area (Å²) in [6.07, 6.45) is 10.8. The van der Waals surface area contributed by atoms with Gasteiger partial charge in [-0.3, -0.25) is 14.8 Å². The number of carbonyl (C=O) groups is 1. The highest BCUT2D eigenvalue weighted by molar-refractivity contribution is 6.39. The highest BCUT2D eigenvalue weighted by atomic mass is 35.5. The molecule has 6 nitrogen and oxygen atoms in total. The molecule has 0 saturated carbocycles. The van der Waals surface area contributed by atoms with Crippen molar-refractivity contribution in [1.29, 1.82) is 0 Å². The molecule has 2 fully saturated rings. The van der Waals surface area contributed by atoms with E-state index in [1.165, 1.54) is 18.1 Å². The van der Waals surface area contributed by atoms with Gasteiger partial charge in [-0.2, -0.15) is 0 Å². The standard InChI is InChI=1S/C27H29Cl2N5O/c28-24-18-31-19-25(29)26(24)27(35)33-15-8-20(9-16-33)32-13-10-22(11-14-32)34(21-5-2-1-3-6-21)23-7-4-12-30-17-23/h1-7,12,17-20,22H,8-11,13-16H2. The quantitative estimate of drug-likeness (QED) is 0.442. The smallest absolute Gasteiger partial charge is 0.257 e. The zero-order chi connectivity index (χ0) is 24.2. The zero-order valence-electron chi connectivity index (χ0n) is 19.6. The average molecular weight is 510 g/mol. The highest BCUT2D eigenvalue weighted by Crippen LogP contribution is 2.33. The number of likely N-dealkylation sites (tertiary alicyclic amines) is 2. The summed E-state index contributed by atoms with van der Waals surface area (Å²) in [6.45, 7) is 3.53. The van der Waals surface area contributed by atoms with Gasteiger partial charge in [0.05, 0.1) is 27.5 Å². The molecule has 0 spiro atoms. The number of benzene rings is 1. The van der Waals surface area contributed by atoms with Crippen molar-refractivity contribution in [2.45, 2.75) is 37.8 Å². The number of rotatable bonds is 5. The Bertz CT molecular complexity index is 1070. The van der Waals surface area contributed by atoms with E-state index in [0.29, 0.717) is 40.8 Å². The van der Waals surface area contributed by atoms with Gasteiger partial charge in [0.2, 0.25) is 0 Å². The predicted octanol–water partition coefficient (Wildman–Crippen LogP) is 5.69. The van der Waals surface area contributed by atoms with Crippen molar-refractivity contribution in [1.82, 2.24) is 19.8 Å². The molecule has 35 heavy (non-hydrogen) atoms. The summed E-state index contributed by atoms with van der Waals surface area (Å²) < 4.78 is 0. The van der Waals surface area contributed by atoms with Gasteiger partial charge in [-0.1, -0.05) is 41.4 Å². The maximum Gasteiger partial charge on any atom is 0.257 e. The number of nitrogens with zero attached hydrogens (tertiary/aromatic N) is 5. The van der Waals surface area contributed by atoms with E-state index in [2.05, 4.69) is 56.2 Å². The Morgan fingerprint density at radius 3 is 2.09 bits per heavy atom. The first kappa shape index (κ1) is 24.0. The van der Waals surface area contributed by atoms with Crippen molar-refractivity contribution >= 4 is 40.5 Å². The molecule has 0 radical (unpaired) electrons. The number of halogens is 2. The Kier molecular flexibility index (Phi) is 7.51. The number of hydrogen-bond acceptors (Lipinski definition) is 5. The summed E-state index contributed by atoms with van der Waals surface area (Å²) >= 11 is 12.4. The van der Waals surface area contributed by atoms with E-state index in [1.54, 1.807) is 0 Å². The van der Waals surface area contributed by atoms with Crippen molar-refractivity contribution in [3.63, 3.8) is 0 Å². The third-order valence-corrected chi connectivity index (χ3v) is 7.73. The third kappa shape index (κ3) is 5.30. The second-order valence-corrected chi connectivity index (χ2v) is 10.00. The van der Waals surface area contributed by atoms with Gasteiger partial charge in [-0.15, -0.1) is 0 Å². The number of pyridine rings is 2. The Morgan fingerprint density at radius 1 is 0.800 bits per heavy atom. The lowest BCUT2D eigenvalue weighted by molar-refractivity contribution is 0.0580. The molecule has 0 N–H and O–H groups in total. The lowest BCUT2D eigenvalue weighted by Gasteiger charge is -2.44. The van der Waals surface area contributed by atoms with Crippen LogP contribution in [0.25, 0.3) is 0 Å². The summed E-state index contributed by atoms with van der Waals surface area (Å²) in [4.78, 5) is 28.3. The highest BCUT2D eigenvalue weighted by Gasteiger charge is 2.33. The van der Waals surface area contributed by atoms with Gasteiger partial charge < -0.3 is 14.7 Å². The minimum absolute atomic E-state index is 0.102. The van der Waals surface area contributed by atoms with Gasteiger partial charge in [0, 0.05) is 62.5 Å². The van der Waals surface area contributed by atoms with Gasteiger partial charge in [0.1, 0.15) is 0 Å². The normalized spacial score (nSPS) is 17.9. The van der Waals surface area contributed by atoms with Gasteiger partial charge in [-0.25, -0.2) is 0 Å². The van der Waals surface area contributed by atoms with Gasteiger partial charge in [0.25, 0.3) is 5.91 Å². The predicted molar refractivity (Wildman–Crippen MR) is 141 cm³/mol. The topological polar surface area (TPSA) is 52.6 Å². The minimum atomic E-state index is -0.102. The summed E-state index contributed by atoms with van der Waals surface area (Å²) in [5.74, 6) is -0.102. The van der Waals surface area contributed by atoms with Crippen molar-refractivity contribution in [3.05, 3.63) is 82.9 Å². The molecule has 0 unspecified atom stereocenters. The van der Waals surface area contributed by atoms with Crippen LogP contribution in [0.15, 0.2) is 67.3 Å². The zero-order valence-corrected chi connectivity index (χ0v) is 21.1. The van der Waals surface area contributed by atoms with Crippen LogP contribution in [0.1, 0.15) is 36.0 Å². The van der Waals surface area contributed by atoms with Crippen molar-refractivity contribution < 1.29 is 4.79 Å². The van der Waals surface area contributed by atoms with E-state index in [4.69, 9.17) is 23.2 Å². The average Bonchev–Trinajstić information content (AvgIpc) is 2.90. The maximum absolute atomic E-state index is 13.0. The molecule has 1 aromatic carbocycles. The molecule has 2 aromatic heterocycles. The minimum Gasteiger partial charge on any atom is -0.338 e. The van der Waals surface area contributed by atoms with Crippen LogP contribution in [-0.2, 0) is 0 Å². The largest absolute Gasteiger partial charge is 0.338 e. The Labute approximate surface area is 216 Å². The fourth-order valence-electron chi connectivity index (χ4n) is 5.37. The molecule has 2 aliphatic rings. The van der Waals surface area contributed by atoms with Crippen LogP contribution in [0.2, 0.25) is 10.0 Å². The molecule has 2 aliphatic heterocycles. The molecular weight excluding hydrogens is 481 g/mol. The van der Waals surface area contributed by atoms with Gasteiger partial charge in [0.15, 0.2) is 0 Å². The van der Waals surface area contributed by atoms with Crippen LogP contribution >= 0.6 is 23.2 Å².